The molecule has 6 nitrogen and oxygen atoms in total. The van der Waals surface area contributed by atoms with Crippen LogP contribution in [0.3, 0.4) is 0 Å². The highest BCUT2D eigenvalue weighted by Gasteiger charge is 2.38. The van der Waals surface area contributed by atoms with Gasteiger partial charge in [0.05, 0.1) is 17.7 Å². The van der Waals surface area contributed by atoms with Crippen LogP contribution in [0.1, 0.15) is 37.8 Å². The zero-order chi connectivity index (χ0) is 15.4. The Morgan fingerprint density at radius 1 is 0.909 bits per heavy atom. The summed E-state index contributed by atoms with van der Waals surface area (Å²) in [5, 5.41) is 9.88. The number of aliphatic hydroxyl groups excluding tert-OH is 1. The second kappa shape index (κ2) is 4.25. The highest BCUT2D eigenvalue weighted by molar-refractivity contribution is 6.30. The lowest BCUT2D eigenvalue weighted by molar-refractivity contribution is 0.0931. The zero-order valence-electron chi connectivity index (χ0n) is 11.1. The molecule has 0 saturated carbocycles. The molecule has 1 aliphatic carbocycles. The van der Waals surface area contributed by atoms with Crippen LogP contribution >= 0.6 is 0 Å². The Labute approximate surface area is 122 Å². The predicted octanol–water partition coefficient (Wildman–Crippen LogP) is 1.65. The molecule has 1 aliphatic rings. The van der Waals surface area contributed by atoms with E-state index in [4.69, 9.17) is 8.83 Å². The lowest BCUT2D eigenvalue weighted by Crippen LogP contribution is -2.24. The first-order valence-electron chi connectivity index (χ1n) is 6.50. The number of rotatable bonds is 1. The monoisotopic (exact) mass is 296 g/mol. The smallest absolute Gasteiger partial charge is 0.336 e. The fourth-order valence-electron chi connectivity index (χ4n) is 2.73. The molecule has 0 unspecified atom stereocenters. The van der Waals surface area contributed by atoms with E-state index < -0.39 is 23.8 Å². The van der Waals surface area contributed by atoms with E-state index in [1.54, 1.807) is 24.3 Å². The molecule has 1 N–H and O–H groups in total. The summed E-state index contributed by atoms with van der Waals surface area (Å²) < 4.78 is 10.3. The molecule has 0 saturated heterocycles. The number of carbonyl (C=O) groups excluding carboxylic acids is 2. The van der Waals surface area contributed by atoms with Crippen LogP contribution in [0.25, 0.3) is 11.0 Å². The van der Waals surface area contributed by atoms with Gasteiger partial charge in [0.1, 0.15) is 5.58 Å². The first kappa shape index (κ1) is 12.7. The van der Waals surface area contributed by atoms with E-state index in [1.807, 2.05) is 0 Å². The Bertz CT molecular complexity index is 1020. The molecule has 108 valence electrons. The quantitative estimate of drug-likeness (QED) is 0.573. The van der Waals surface area contributed by atoms with E-state index >= 15 is 0 Å². The first-order valence-corrected chi connectivity index (χ1v) is 6.50. The van der Waals surface area contributed by atoms with Gasteiger partial charge in [-0.2, -0.15) is 0 Å². The standard InChI is InChI=1S/C16H8O6/c17-6-7-5-10(18)22-15-11(7)13(19)12-8-3-1-2-4-9(8)21-16(12)14(15)20/h1-5,17H,6H2. The Balaban J connectivity index is 2.13. The number of furan rings is 1. The van der Waals surface area contributed by atoms with Crippen LogP contribution in [-0.4, -0.2) is 16.7 Å². The molecular formula is C16H8O6. The van der Waals surface area contributed by atoms with Crippen LogP contribution in [0.15, 0.2) is 44.0 Å². The van der Waals surface area contributed by atoms with Crippen molar-refractivity contribution in [3.63, 3.8) is 0 Å². The van der Waals surface area contributed by atoms with Crippen LogP contribution in [0.2, 0.25) is 0 Å². The van der Waals surface area contributed by atoms with Gasteiger partial charge in [-0.15, -0.1) is 0 Å². The van der Waals surface area contributed by atoms with Crippen molar-refractivity contribution in [2.75, 3.05) is 0 Å². The summed E-state index contributed by atoms with van der Waals surface area (Å²) >= 11 is 0. The molecule has 2 heterocycles. The Morgan fingerprint density at radius 3 is 2.41 bits per heavy atom. The minimum Gasteiger partial charge on any atom is -0.452 e. The number of carbonyl (C=O) groups is 2. The maximum atomic E-state index is 12.7. The Kier molecular flexibility index (Phi) is 2.46. The first-order chi connectivity index (χ1) is 10.6. The normalized spacial score (nSPS) is 13.3. The molecule has 2 aromatic heterocycles. The minimum absolute atomic E-state index is 0.0699. The van der Waals surface area contributed by atoms with Crippen molar-refractivity contribution in [1.29, 1.82) is 0 Å². The van der Waals surface area contributed by atoms with Crippen molar-refractivity contribution >= 4 is 22.5 Å². The van der Waals surface area contributed by atoms with Gasteiger partial charge >= 0.3 is 5.63 Å². The van der Waals surface area contributed by atoms with E-state index in [0.717, 1.165) is 6.07 Å². The minimum atomic E-state index is -0.802. The van der Waals surface area contributed by atoms with Gasteiger partial charge < -0.3 is 13.9 Å². The number of benzene rings is 1. The molecule has 0 bridgehead atoms. The van der Waals surface area contributed by atoms with Crippen molar-refractivity contribution in [1.82, 2.24) is 0 Å². The van der Waals surface area contributed by atoms with Crippen molar-refractivity contribution in [2.45, 2.75) is 6.61 Å². The fraction of sp³-hybridized carbons (Fsp3) is 0.0625. The molecule has 6 heteroatoms. The summed E-state index contributed by atoms with van der Waals surface area (Å²) in [6.07, 6.45) is 0. The van der Waals surface area contributed by atoms with Crippen molar-refractivity contribution in [3.05, 3.63) is 69.0 Å². The highest BCUT2D eigenvalue weighted by atomic mass is 16.4. The molecule has 0 aliphatic heterocycles. The van der Waals surface area contributed by atoms with Gasteiger partial charge in [0, 0.05) is 11.5 Å². The molecule has 0 amide bonds. The molecule has 3 aromatic rings. The van der Waals surface area contributed by atoms with Crippen molar-refractivity contribution in [2.24, 2.45) is 0 Å². The van der Waals surface area contributed by atoms with Gasteiger partial charge in [-0.05, 0) is 11.6 Å². The van der Waals surface area contributed by atoms with E-state index in [-0.39, 0.29) is 28.2 Å². The highest BCUT2D eigenvalue weighted by Crippen LogP contribution is 2.35. The third-order valence-corrected chi connectivity index (χ3v) is 3.68. The molecule has 0 fully saturated rings. The van der Waals surface area contributed by atoms with Crippen molar-refractivity contribution in [3.8, 4) is 0 Å². The van der Waals surface area contributed by atoms with Gasteiger partial charge in [-0.1, -0.05) is 18.2 Å². The zero-order valence-corrected chi connectivity index (χ0v) is 11.1. The summed E-state index contributed by atoms with van der Waals surface area (Å²) in [5.41, 5.74) is -0.276. The van der Waals surface area contributed by atoms with Gasteiger partial charge in [0.25, 0.3) is 5.78 Å². The summed E-state index contributed by atoms with van der Waals surface area (Å²) in [6, 6.07) is 7.77. The van der Waals surface area contributed by atoms with E-state index in [0.29, 0.717) is 11.0 Å². The molecule has 1 aromatic carbocycles. The maximum Gasteiger partial charge on any atom is 0.336 e. The summed E-state index contributed by atoms with van der Waals surface area (Å²) in [5.74, 6) is -1.69. The number of fused-ring (bicyclic) bond motifs is 4. The number of aliphatic hydroxyl groups is 1. The number of ketones is 2. The van der Waals surface area contributed by atoms with Crippen LogP contribution in [-0.2, 0) is 6.61 Å². The molecule has 22 heavy (non-hydrogen) atoms. The molecule has 0 atom stereocenters. The number of hydrogen-bond acceptors (Lipinski definition) is 6. The van der Waals surface area contributed by atoms with Crippen LogP contribution in [0.4, 0.5) is 0 Å². The molecule has 0 spiro atoms. The van der Waals surface area contributed by atoms with Crippen molar-refractivity contribution < 1.29 is 23.5 Å². The fourth-order valence-corrected chi connectivity index (χ4v) is 2.73. The SMILES string of the molecule is O=C1c2oc(=O)cc(CO)c2C(=O)c2c1oc1ccccc21. The lowest BCUT2D eigenvalue weighted by Gasteiger charge is -2.14. The number of hydrogen-bond donors (Lipinski definition) is 1. The van der Waals surface area contributed by atoms with Crippen LogP contribution in [0.5, 0.6) is 0 Å². The third kappa shape index (κ3) is 1.49. The summed E-state index contributed by atoms with van der Waals surface area (Å²) in [6.45, 7) is -0.544. The molecule has 4 rings (SSSR count). The maximum absolute atomic E-state index is 12.7. The molecular weight excluding hydrogens is 288 g/mol. The average Bonchev–Trinajstić information content (AvgIpc) is 2.91. The van der Waals surface area contributed by atoms with Gasteiger partial charge in [-0.3, -0.25) is 9.59 Å². The van der Waals surface area contributed by atoms with Crippen LogP contribution < -0.4 is 5.63 Å². The lowest BCUT2D eigenvalue weighted by atomic mass is 9.88. The van der Waals surface area contributed by atoms with Gasteiger partial charge in [-0.25, -0.2) is 4.79 Å². The summed E-state index contributed by atoms with van der Waals surface area (Å²) in [7, 11) is 0. The average molecular weight is 296 g/mol. The van der Waals surface area contributed by atoms with E-state index in [2.05, 4.69) is 0 Å². The van der Waals surface area contributed by atoms with E-state index in [1.165, 1.54) is 0 Å². The summed E-state index contributed by atoms with van der Waals surface area (Å²) in [4.78, 5) is 36.7. The molecule has 0 radical (unpaired) electrons. The van der Waals surface area contributed by atoms with Gasteiger partial charge in [0.15, 0.2) is 11.5 Å². The van der Waals surface area contributed by atoms with E-state index in [9.17, 15) is 19.5 Å². The third-order valence-electron chi connectivity index (χ3n) is 3.68. The topological polar surface area (TPSA) is 97.7 Å². The number of para-hydroxylation sites is 1. The second-order valence-electron chi connectivity index (χ2n) is 4.91. The second-order valence-corrected chi connectivity index (χ2v) is 4.91. The largest absolute Gasteiger partial charge is 0.452 e. The van der Waals surface area contributed by atoms with Gasteiger partial charge in [0.2, 0.25) is 5.78 Å². The Morgan fingerprint density at radius 2 is 1.64 bits per heavy atom. The predicted molar refractivity (Wildman–Crippen MR) is 74.0 cm³/mol. The Hall–Kier alpha value is -2.99. The van der Waals surface area contributed by atoms with Crippen LogP contribution in [0, 0.1) is 0 Å².